The average Bonchev–Trinajstić information content (AvgIpc) is 2.61. The second-order valence-electron chi connectivity index (χ2n) is 6.60. The zero-order chi connectivity index (χ0) is 17.4. The molecule has 0 amide bonds. The van der Waals surface area contributed by atoms with Gasteiger partial charge in [0.05, 0.1) is 19.8 Å². The van der Waals surface area contributed by atoms with Crippen LogP contribution in [0.25, 0.3) is 0 Å². The van der Waals surface area contributed by atoms with E-state index in [4.69, 9.17) is 9.47 Å². The van der Waals surface area contributed by atoms with Gasteiger partial charge in [-0.05, 0) is 43.9 Å². The van der Waals surface area contributed by atoms with Gasteiger partial charge in [0, 0.05) is 12.1 Å². The minimum atomic E-state index is -0.894. The van der Waals surface area contributed by atoms with E-state index in [9.17, 15) is 5.11 Å². The number of nitrogens with zero attached hydrogens (tertiary/aromatic N) is 1. The van der Waals surface area contributed by atoms with E-state index in [0.717, 1.165) is 50.2 Å². The third-order valence-corrected chi connectivity index (χ3v) is 4.69. The van der Waals surface area contributed by atoms with E-state index in [1.807, 2.05) is 30.3 Å². The molecule has 0 aliphatic carbocycles. The molecular weight excluding hydrogens is 302 g/mol. The number of benzene rings is 1. The van der Waals surface area contributed by atoms with Gasteiger partial charge >= 0.3 is 0 Å². The third kappa shape index (κ3) is 5.71. The molecule has 1 N–H and O–H groups in total. The molecule has 1 aliphatic heterocycles. The zero-order valence-corrected chi connectivity index (χ0v) is 15.0. The molecule has 1 aromatic rings. The number of morpholine rings is 1. The average molecular weight is 333 g/mol. The fraction of sp³-hybridized carbons (Fsp3) is 0.600. The molecule has 1 heterocycles. The second-order valence-corrected chi connectivity index (χ2v) is 6.60. The van der Waals surface area contributed by atoms with Crippen molar-refractivity contribution < 1.29 is 14.6 Å². The van der Waals surface area contributed by atoms with Gasteiger partial charge < -0.3 is 14.6 Å². The predicted octanol–water partition coefficient (Wildman–Crippen LogP) is 3.36. The van der Waals surface area contributed by atoms with Crippen LogP contribution in [0.2, 0.25) is 0 Å². The van der Waals surface area contributed by atoms with Gasteiger partial charge in [0.1, 0.15) is 0 Å². The summed E-state index contributed by atoms with van der Waals surface area (Å²) in [5.74, 6) is 0. The van der Waals surface area contributed by atoms with E-state index < -0.39 is 6.29 Å². The van der Waals surface area contributed by atoms with Crippen LogP contribution < -0.4 is 0 Å². The minimum absolute atomic E-state index is 0.402. The SMILES string of the molecule is C=C(CCCN1C(C)COCC1CC)C(O)OCc1ccccc1. The lowest BCUT2D eigenvalue weighted by atomic mass is 10.1. The standard InChI is InChI=1S/C20H31NO3/c1-4-19-15-23-13-17(3)21(19)12-8-9-16(2)20(22)24-14-18-10-6-5-7-11-18/h5-7,10-11,17,19-20,22H,2,4,8-9,12-15H2,1,3H3. The lowest BCUT2D eigenvalue weighted by Gasteiger charge is -2.40. The maximum Gasteiger partial charge on any atom is 0.177 e. The van der Waals surface area contributed by atoms with Crippen molar-refractivity contribution in [3.8, 4) is 0 Å². The van der Waals surface area contributed by atoms with Gasteiger partial charge in [-0.3, -0.25) is 4.90 Å². The molecule has 1 aliphatic rings. The van der Waals surface area contributed by atoms with Gasteiger partial charge in [-0.2, -0.15) is 0 Å². The first kappa shape index (κ1) is 19.1. The number of ether oxygens (including phenoxy) is 2. The Hall–Kier alpha value is -1.20. The molecule has 1 saturated heterocycles. The quantitative estimate of drug-likeness (QED) is 0.556. The Morgan fingerprint density at radius 3 is 2.83 bits per heavy atom. The Morgan fingerprint density at radius 1 is 1.38 bits per heavy atom. The summed E-state index contributed by atoms with van der Waals surface area (Å²) in [5, 5.41) is 10.1. The molecule has 3 unspecified atom stereocenters. The molecule has 3 atom stereocenters. The van der Waals surface area contributed by atoms with E-state index >= 15 is 0 Å². The van der Waals surface area contributed by atoms with E-state index in [2.05, 4.69) is 25.3 Å². The Balaban J connectivity index is 1.70. The summed E-state index contributed by atoms with van der Waals surface area (Å²) in [7, 11) is 0. The van der Waals surface area contributed by atoms with Crippen molar-refractivity contribution in [1.29, 1.82) is 0 Å². The molecule has 0 radical (unpaired) electrons. The predicted molar refractivity (Wildman–Crippen MR) is 96.7 cm³/mol. The molecule has 0 bridgehead atoms. The second kappa shape index (κ2) is 9.94. The van der Waals surface area contributed by atoms with Crippen LogP contribution in [0.4, 0.5) is 0 Å². The van der Waals surface area contributed by atoms with Gasteiger partial charge in [-0.1, -0.05) is 43.8 Å². The van der Waals surface area contributed by atoms with Crippen LogP contribution in [0.5, 0.6) is 0 Å². The molecular formula is C20H31NO3. The first-order valence-electron chi connectivity index (χ1n) is 8.96. The van der Waals surface area contributed by atoms with Crippen molar-refractivity contribution in [2.75, 3.05) is 19.8 Å². The molecule has 0 saturated carbocycles. The highest BCUT2D eigenvalue weighted by Crippen LogP contribution is 2.18. The maximum absolute atomic E-state index is 10.1. The summed E-state index contributed by atoms with van der Waals surface area (Å²) in [5.41, 5.74) is 1.80. The summed E-state index contributed by atoms with van der Waals surface area (Å²) in [6.07, 6.45) is 1.96. The fourth-order valence-electron chi connectivity index (χ4n) is 3.16. The summed E-state index contributed by atoms with van der Waals surface area (Å²) in [4.78, 5) is 2.52. The Bertz CT molecular complexity index is 491. The van der Waals surface area contributed by atoms with E-state index in [1.165, 1.54) is 0 Å². The number of aliphatic hydroxyl groups excluding tert-OH is 1. The lowest BCUT2D eigenvalue weighted by Crippen LogP contribution is -2.50. The first-order valence-corrected chi connectivity index (χ1v) is 8.96. The number of hydrogen-bond acceptors (Lipinski definition) is 4. The van der Waals surface area contributed by atoms with Crippen molar-refractivity contribution in [2.45, 2.75) is 58.1 Å². The maximum atomic E-state index is 10.1. The van der Waals surface area contributed by atoms with Crippen molar-refractivity contribution >= 4 is 0 Å². The van der Waals surface area contributed by atoms with Crippen LogP contribution in [-0.2, 0) is 16.1 Å². The van der Waals surface area contributed by atoms with E-state index in [0.29, 0.717) is 18.7 Å². The largest absolute Gasteiger partial charge is 0.378 e. The van der Waals surface area contributed by atoms with Crippen molar-refractivity contribution in [2.24, 2.45) is 0 Å². The molecule has 1 aromatic carbocycles. The molecule has 134 valence electrons. The van der Waals surface area contributed by atoms with Crippen molar-refractivity contribution in [3.05, 3.63) is 48.0 Å². The topological polar surface area (TPSA) is 41.9 Å². The normalized spacial score (nSPS) is 23.1. The van der Waals surface area contributed by atoms with Crippen molar-refractivity contribution in [1.82, 2.24) is 4.90 Å². The highest BCUT2D eigenvalue weighted by Gasteiger charge is 2.26. The van der Waals surface area contributed by atoms with Crippen LogP contribution in [0.1, 0.15) is 38.7 Å². The van der Waals surface area contributed by atoms with Crippen LogP contribution in [0, 0.1) is 0 Å². The third-order valence-electron chi connectivity index (χ3n) is 4.69. The van der Waals surface area contributed by atoms with Crippen LogP contribution >= 0.6 is 0 Å². The highest BCUT2D eigenvalue weighted by molar-refractivity contribution is 5.13. The van der Waals surface area contributed by atoms with Gasteiger partial charge in [0.25, 0.3) is 0 Å². The van der Waals surface area contributed by atoms with Gasteiger partial charge in [-0.25, -0.2) is 0 Å². The number of hydrogen-bond donors (Lipinski definition) is 1. The van der Waals surface area contributed by atoms with Crippen molar-refractivity contribution in [3.63, 3.8) is 0 Å². The van der Waals surface area contributed by atoms with Crippen LogP contribution in [-0.4, -0.2) is 48.1 Å². The lowest BCUT2D eigenvalue weighted by molar-refractivity contribution is -0.0834. The zero-order valence-electron chi connectivity index (χ0n) is 15.0. The van der Waals surface area contributed by atoms with E-state index in [-0.39, 0.29) is 0 Å². The summed E-state index contributed by atoms with van der Waals surface area (Å²) in [6, 6.07) is 10.8. The van der Waals surface area contributed by atoms with Gasteiger partial charge in [0.2, 0.25) is 0 Å². The van der Waals surface area contributed by atoms with E-state index in [1.54, 1.807) is 0 Å². The summed E-state index contributed by atoms with van der Waals surface area (Å²) in [6.45, 7) is 11.5. The Morgan fingerprint density at radius 2 is 2.12 bits per heavy atom. The Kier molecular flexibility index (Phi) is 7.92. The molecule has 4 heteroatoms. The molecule has 0 aromatic heterocycles. The molecule has 1 fully saturated rings. The molecule has 0 spiro atoms. The summed E-state index contributed by atoms with van der Waals surface area (Å²) >= 11 is 0. The number of aliphatic hydroxyl groups is 1. The summed E-state index contributed by atoms with van der Waals surface area (Å²) < 4.78 is 11.2. The van der Waals surface area contributed by atoms with Gasteiger partial charge in [0.15, 0.2) is 6.29 Å². The van der Waals surface area contributed by atoms with Gasteiger partial charge in [-0.15, -0.1) is 0 Å². The first-order chi connectivity index (χ1) is 11.6. The van der Waals surface area contributed by atoms with Crippen LogP contribution in [0.15, 0.2) is 42.5 Å². The Labute approximate surface area is 146 Å². The number of rotatable bonds is 9. The highest BCUT2D eigenvalue weighted by atomic mass is 16.6. The molecule has 2 rings (SSSR count). The minimum Gasteiger partial charge on any atom is -0.378 e. The molecule has 24 heavy (non-hydrogen) atoms. The smallest absolute Gasteiger partial charge is 0.177 e. The molecule has 4 nitrogen and oxygen atoms in total. The fourth-order valence-corrected chi connectivity index (χ4v) is 3.16. The monoisotopic (exact) mass is 333 g/mol. The van der Waals surface area contributed by atoms with Crippen LogP contribution in [0.3, 0.4) is 0 Å².